The Morgan fingerprint density at radius 2 is 1.64 bits per heavy atom. The van der Waals surface area contributed by atoms with E-state index in [2.05, 4.69) is 20.3 Å². The van der Waals surface area contributed by atoms with E-state index in [9.17, 15) is 17.2 Å². The minimum Gasteiger partial charge on any atom is -0.357 e. The molecule has 10 heteroatoms. The highest BCUT2D eigenvalue weighted by molar-refractivity contribution is 7.92. The van der Waals surface area contributed by atoms with Crippen LogP contribution >= 0.6 is 0 Å². The smallest absolute Gasteiger partial charge is 0.262 e. The van der Waals surface area contributed by atoms with Crippen LogP contribution in [0.15, 0.2) is 59.6 Å². The monoisotopic (exact) mass is 469 g/mol. The summed E-state index contributed by atoms with van der Waals surface area (Å²) in [5, 5.41) is 2.88. The molecule has 0 aliphatic carbocycles. The Morgan fingerprint density at radius 1 is 0.970 bits per heavy atom. The van der Waals surface area contributed by atoms with Crippen LogP contribution in [-0.4, -0.2) is 30.4 Å². The largest absolute Gasteiger partial charge is 0.357 e. The Balaban J connectivity index is 1.78. The summed E-state index contributed by atoms with van der Waals surface area (Å²) in [7, 11) is -2.45. The van der Waals surface area contributed by atoms with Crippen molar-refractivity contribution in [2.45, 2.75) is 24.7 Å². The van der Waals surface area contributed by atoms with Gasteiger partial charge in [0, 0.05) is 12.6 Å². The van der Waals surface area contributed by atoms with Crippen molar-refractivity contribution in [1.82, 2.24) is 15.0 Å². The number of benzene rings is 2. The zero-order chi connectivity index (χ0) is 23.8. The number of rotatable bonds is 6. The third kappa shape index (κ3) is 4.47. The van der Waals surface area contributed by atoms with Crippen molar-refractivity contribution in [3.8, 4) is 11.3 Å². The molecular weight excluding hydrogens is 448 g/mol. The van der Waals surface area contributed by atoms with E-state index in [-0.39, 0.29) is 16.4 Å². The molecule has 2 aromatic carbocycles. The van der Waals surface area contributed by atoms with Crippen molar-refractivity contribution in [3.05, 3.63) is 71.9 Å². The van der Waals surface area contributed by atoms with Gasteiger partial charge in [0.1, 0.15) is 11.2 Å². The fraction of sp³-hybridized carbons (Fsp3) is 0.174. The molecule has 0 atom stereocenters. The lowest BCUT2D eigenvalue weighted by Gasteiger charge is -2.14. The highest BCUT2D eigenvalue weighted by atomic mass is 32.2. The van der Waals surface area contributed by atoms with Gasteiger partial charge in [-0.05, 0) is 41.8 Å². The van der Waals surface area contributed by atoms with Crippen molar-refractivity contribution >= 4 is 32.7 Å². The lowest BCUT2D eigenvalue weighted by molar-refractivity contribution is 0.583. The molecule has 0 bridgehead atoms. The molecule has 33 heavy (non-hydrogen) atoms. The van der Waals surface area contributed by atoms with Gasteiger partial charge in [-0.3, -0.25) is 4.72 Å². The van der Waals surface area contributed by atoms with Crippen LogP contribution in [0, 0.1) is 11.6 Å². The van der Waals surface area contributed by atoms with Crippen molar-refractivity contribution in [1.29, 1.82) is 0 Å². The van der Waals surface area contributed by atoms with Crippen LogP contribution in [0.3, 0.4) is 0 Å². The standard InChI is InChI=1S/C23H21F2N5O2S/c1-13(2)16-11-19(28-20-12-27-23(26-3)29-21(16)20)14-9-17(24)22(18(25)10-14)30-33(31,32)15-7-5-4-6-8-15/h4-13,30H,1-3H3,(H,26,27,29). The maximum Gasteiger partial charge on any atom is 0.262 e. The second kappa shape index (κ2) is 8.70. The summed E-state index contributed by atoms with van der Waals surface area (Å²) in [5.41, 5.74) is 1.68. The van der Waals surface area contributed by atoms with E-state index in [1.54, 1.807) is 25.4 Å². The highest BCUT2D eigenvalue weighted by Gasteiger charge is 2.21. The SMILES string of the molecule is CNc1ncc2nc(-c3cc(F)c(NS(=O)(=O)c4ccccc4)c(F)c3)cc(C(C)C)c2n1. The summed E-state index contributed by atoms with van der Waals surface area (Å²) in [4.78, 5) is 13.0. The molecule has 0 amide bonds. The van der Waals surface area contributed by atoms with Crippen LogP contribution < -0.4 is 10.0 Å². The minimum atomic E-state index is -4.16. The van der Waals surface area contributed by atoms with E-state index in [0.717, 1.165) is 17.7 Å². The Labute approximate surface area is 190 Å². The highest BCUT2D eigenvalue weighted by Crippen LogP contribution is 2.32. The van der Waals surface area contributed by atoms with Crippen molar-refractivity contribution in [2.24, 2.45) is 0 Å². The molecule has 0 spiro atoms. The van der Waals surface area contributed by atoms with Crippen LogP contribution in [0.5, 0.6) is 0 Å². The Kier molecular flexibility index (Phi) is 5.94. The maximum atomic E-state index is 14.9. The van der Waals surface area contributed by atoms with E-state index in [1.807, 2.05) is 18.6 Å². The lowest BCUT2D eigenvalue weighted by atomic mass is 9.99. The zero-order valence-electron chi connectivity index (χ0n) is 18.1. The molecule has 0 radical (unpaired) electrons. The van der Waals surface area contributed by atoms with Crippen molar-refractivity contribution in [2.75, 3.05) is 17.1 Å². The number of halogens is 2. The van der Waals surface area contributed by atoms with Gasteiger partial charge in [0.25, 0.3) is 10.0 Å². The van der Waals surface area contributed by atoms with E-state index in [1.165, 1.54) is 24.3 Å². The fourth-order valence-electron chi connectivity index (χ4n) is 3.37. The van der Waals surface area contributed by atoms with Crippen LogP contribution in [0.4, 0.5) is 20.4 Å². The van der Waals surface area contributed by atoms with Crippen LogP contribution in [-0.2, 0) is 10.0 Å². The first kappa shape index (κ1) is 22.5. The second-order valence-corrected chi connectivity index (χ2v) is 9.34. The van der Waals surface area contributed by atoms with Crippen LogP contribution in [0.2, 0.25) is 0 Å². The molecule has 0 fully saturated rings. The number of hydrogen-bond acceptors (Lipinski definition) is 6. The maximum absolute atomic E-state index is 14.9. The molecule has 4 rings (SSSR count). The molecule has 4 aromatic rings. The first-order chi connectivity index (χ1) is 15.7. The summed E-state index contributed by atoms with van der Waals surface area (Å²) in [6.07, 6.45) is 1.54. The summed E-state index contributed by atoms with van der Waals surface area (Å²) < 4.78 is 56.8. The van der Waals surface area contributed by atoms with Gasteiger partial charge in [0.05, 0.1) is 22.3 Å². The molecule has 170 valence electrons. The fourth-order valence-corrected chi connectivity index (χ4v) is 4.46. The number of fused-ring (bicyclic) bond motifs is 1. The third-order valence-corrected chi connectivity index (χ3v) is 6.42. The number of pyridine rings is 1. The topological polar surface area (TPSA) is 96.9 Å². The molecule has 0 saturated heterocycles. The minimum absolute atomic E-state index is 0.0560. The van der Waals surface area contributed by atoms with Gasteiger partial charge in [-0.25, -0.2) is 32.2 Å². The lowest BCUT2D eigenvalue weighted by Crippen LogP contribution is -2.15. The number of sulfonamides is 1. The number of hydrogen-bond donors (Lipinski definition) is 2. The average molecular weight is 470 g/mol. The molecule has 0 aliphatic heterocycles. The second-order valence-electron chi connectivity index (χ2n) is 7.66. The summed E-state index contributed by atoms with van der Waals surface area (Å²) in [6.45, 7) is 3.95. The summed E-state index contributed by atoms with van der Waals surface area (Å²) >= 11 is 0. The summed E-state index contributed by atoms with van der Waals surface area (Å²) in [6, 6.07) is 11.2. The molecule has 7 nitrogen and oxygen atoms in total. The van der Waals surface area contributed by atoms with E-state index < -0.39 is 27.3 Å². The van der Waals surface area contributed by atoms with Gasteiger partial charge in [0.15, 0.2) is 11.6 Å². The van der Waals surface area contributed by atoms with Crippen molar-refractivity contribution in [3.63, 3.8) is 0 Å². The molecular formula is C23H21F2N5O2S. The first-order valence-corrected chi connectivity index (χ1v) is 11.6. The van der Waals surface area contributed by atoms with E-state index in [0.29, 0.717) is 22.7 Å². The van der Waals surface area contributed by atoms with Gasteiger partial charge in [-0.2, -0.15) is 0 Å². The van der Waals surface area contributed by atoms with E-state index >= 15 is 0 Å². The first-order valence-electron chi connectivity index (χ1n) is 10.1. The number of aromatic nitrogens is 3. The number of nitrogens with zero attached hydrogens (tertiary/aromatic N) is 3. The normalized spacial score (nSPS) is 11.7. The van der Waals surface area contributed by atoms with Crippen molar-refractivity contribution < 1.29 is 17.2 Å². The van der Waals surface area contributed by atoms with Gasteiger partial charge in [-0.15, -0.1) is 0 Å². The number of nitrogens with one attached hydrogen (secondary N) is 2. The molecule has 0 unspecified atom stereocenters. The molecule has 2 heterocycles. The third-order valence-electron chi connectivity index (χ3n) is 5.05. The van der Waals surface area contributed by atoms with Gasteiger partial charge >= 0.3 is 0 Å². The Hall–Kier alpha value is -3.66. The predicted octanol–water partition coefficient (Wildman–Crippen LogP) is 4.94. The molecule has 0 saturated carbocycles. The molecule has 2 aromatic heterocycles. The van der Waals surface area contributed by atoms with Gasteiger partial charge in [0.2, 0.25) is 5.95 Å². The molecule has 0 aliphatic rings. The zero-order valence-corrected chi connectivity index (χ0v) is 18.9. The average Bonchev–Trinajstić information content (AvgIpc) is 2.80. The quantitative estimate of drug-likeness (QED) is 0.415. The Morgan fingerprint density at radius 3 is 2.24 bits per heavy atom. The van der Waals surface area contributed by atoms with Gasteiger partial charge in [-0.1, -0.05) is 32.0 Å². The summed E-state index contributed by atoms with van der Waals surface area (Å²) in [5.74, 6) is -1.62. The Bertz CT molecular complexity index is 1420. The molecule has 2 N–H and O–H groups in total. The predicted molar refractivity (Wildman–Crippen MR) is 124 cm³/mol. The van der Waals surface area contributed by atoms with Crippen LogP contribution in [0.25, 0.3) is 22.3 Å². The van der Waals surface area contributed by atoms with Gasteiger partial charge < -0.3 is 5.32 Å². The van der Waals surface area contributed by atoms with Crippen LogP contribution in [0.1, 0.15) is 25.3 Å². The van der Waals surface area contributed by atoms with E-state index in [4.69, 9.17) is 0 Å². The number of anilines is 2.